The van der Waals surface area contributed by atoms with Gasteiger partial charge in [-0.15, -0.1) is 0 Å². The lowest BCUT2D eigenvalue weighted by molar-refractivity contribution is -0.137. The summed E-state index contributed by atoms with van der Waals surface area (Å²) in [7, 11) is 0. The maximum atomic E-state index is 12.9. The highest BCUT2D eigenvalue weighted by molar-refractivity contribution is 5.97. The first-order valence-electron chi connectivity index (χ1n) is 10.8. The normalized spacial score (nSPS) is 20.8. The molecule has 5 nitrogen and oxygen atoms in total. The molecule has 2 aromatic carbocycles. The molecule has 0 aromatic heterocycles. The Labute approximate surface area is 184 Å². The number of halogens is 3. The van der Waals surface area contributed by atoms with E-state index in [0.717, 1.165) is 17.7 Å². The second-order valence-corrected chi connectivity index (χ2v) is 8.12. The fourth-order valence-electron chi connectivity index (χ4n) is 4.22. The molecule has 1 saturated heterocycles. The maximum Gasteiger partial charge on any atom is 0.416 e. The highest BCUT2D eigenvalue weighted by atomic mass is 19.4. The van der Waals surface area contributed by atoms with Crippen molar-refractivity contribution in [3.05, 3.63) is 65.2 Å². The minimum absolute atomic E-state index is 0.0108. The Morgan fingerprint density at radius 3 is 2.22 bits per heavy atom. The van der Waals surface area contributed by atoms with Gasteiger partial charge in [0.05, 0.1) is 17.7 Å². The predicted molar refractivity (Wildman–Crippen MR) is 112 cm³/mol. The van der Waals surface area contributed by atoms with Crippen LogP contribution in [0.1, 0.15) is 40.7 Å². The molecule has 2 atom stereocenters. The van der Waals surface area contributed by atoms with Crippen LogP contribution in [0.5, 0.6) is 5.75 Å². The van der Waals surface area contributed by atoms with Crippen molar-refractivity contribution in [2.75, 3.05) is 32.8 Å². The van der Waals surface area contributed by atoms with Gasteiger partial charge in [0.15, 0.2) is 0 Å². The third-order valence-corrected chi connectivity index (χ3v) is 6.07. The SMILES string of the molecule is CCOc1ccccc1C(=O)N1CCN(C(=O)C2CC2c2ccc(C(F)(F)F)cc2)CC1. The molecule has 8 heteroatoms. The van der Waals surface area contributed by atoms with E-state index in [1.807, 2.05) is 13.0 Å². The molecule has 1 saturated carbocycles. The van der Waals surface area contributed by atoms with Gasteiger partial charge in [0.1, 0.15) is 5.75 Å². The minimum Gasteiger partial charge on any atom is -0.493 e. The summed E-state index contributed by atoms with van der Waals surface area (Å²) >= 11 is 0. The van der Waals surface area contributed by atoms with E-state index >= 15 is 0 Å². The van der Waals surface area contributed by atoms with E-state index in [4.69, 9.17) is 4.74 Å². The van der Waals surface area contributed by atoms with Crippen LogP contribution in [0.2, 0.25) is 0 Å². The van der Waals surface area contributed by atoms with E-state index in [0.29, 0.717) is 50.5 Å². The Morgan fingerprint density at radius 1 is 0.969 bits per heavy atom. The number of hydrogen-bond acceptors (Lipinski definition) is 3. The number of ether oxygens (including phenoxy) is 1. The molecule has 2 fully saturated rings. The summed E-state index contributed by atoms with van der Waals surface area (Å²) in [4.78, 5) is 29.3. The molecule has 2 amide bonds. The van der Waals surface area contributed by atoms with Gasteiger partial charge >= 0.3 is 6.18 Å². The third-order valence-electron chi connectivity index (χ3n) is 6.07. The first-order valence-corrected chi connectivity index (χ1v) is 10.8. The van der Waals surface area contributed by atoms with Crippen molar-refractivity contribution in [3.8, 4) is 5.75 Å². The van der Waals surface area contributed by atoms with Crippen molar-refractivity contribution in [3.63, 3.8) is 0 Å². The lowest BCUT2D eigenvalue weighted by Gasteiger charge is -2.35. The second kappa shape index (κ2) is 8.84. The van der Waals surface area contributed by atoms with E-state index in [-0.39, 0.29) is 23.7 Å². The summed E-state index contributed by atoms with van der Waals surface area (Å²) in [6, 6.07) is 12.2. The fraction of sp³-hybridized carbons (Fsp3) is 0.417. The van der Waals surface area contributed by atoms with Crippen LogP contribution >= 0.6 is 0 Å². The molecule has 0 N–H and O–H groups in total. The number of nitrogens with zero attached hydrogens (tertiary/aromatic N) is 2. The minimum atomic E-state index is -4.36. The van der Waals surface area contributed by atoms with Crippen molar-refractivity contribution in [2.24, 2.45) is 5.92 Å². The highest BCUT2D eigenvalue weighted by Gasteiger charge is 2.46. The summed E-state index contributed by atoms with van der Waals surface area (Å²) in [6.45, 7) is 4.08. The Balaban J connectivity index is 1.32. The zero-order valence-corrected chi connectivity index (χ0v) is 17.8. The molecule has 2 aliphatic rings. The summed E-state index contributed by atoms with van der Waals surface area (Å²) in [5.74, 6) is 0.206. The molecule has 0 bridgehead atoms. The van der Waals surface area contributed by atoms with Crippen molar-refractivity contribution in [1.82, 2.24) is 9.80 Å². The van der Waals surface area contributed by atoms with Gasteiger partial charge in [0.2, 0.25) is 5.91 Å². The fourth-order valence-corrected chi connectivity index (χ4v) is 4.22. The van der Waals surface area contributed by atoms with Crippen molar-refractivity contribution < 1.29 is 27.5 Å². The van der Waals surface area contributed by atoms with Crippen molar-refractivity contribution in [1.29, 1.82) is 0 Å². The monoisotopic (exact) mass is 446 g/mol. The average molecular weight is 446 g/mol. The van der Waals surface area contributed by atoms with Gasteiger partial charge in [-0.05, 0) is 49.1 Å². The molecule has 1 heterocycles. The van der Waals surface area contributed by atoms with E-state index in [9.17, 15) is 22.8 Å². The Morgan fingerprint density at radius 2 is 1.59 bits per heavy atom. The zero-order valence-electron chi connectivity index (χ0n) is 17.8. The number of amides is 2. The molecule has 1 aliphatic carbocycles. The summed E-state index contributed by atoms with van der Waals surface area (Å²) in [6.07, 6.45) is -3.72. The molecule has 0 spiro atoms. The van der Waals surface area contributed by atoms with Crippen LogP contribution in [0.25, 0.3) is 0 Å². The summed E-state index contributed by atoms with van der Waals surface area (Å²) in [5.41, 5.74) is 0.591. The number of alkyl halides is 3. The Kier molecular flexibility index (Phi) is 6.13. The van der Waals surface area contributed by atoms with Gasteiger partial charge in [-0.3, -0.25) is 9.59 Å². The average Bonchev–Trinajstić information content (AvgIpc) is 3.59. The van der Waals surface area contributed by atoms with Crippen LogP contribution in [0, 0.1) is 5.92 Å². The van der Waals surface area contributed by atoms with E-state index in [1.165, 1.54) is 12.1 Å². The second-order valence-electron chi connectivity index (χ2n) is 8.12. The van der Waals surface area contributed by atoms with Gasteiger partial charge in [-0.25, -0.2) is 0 Å². The standard InChI is InChI=1S/C24H25F3N2O3/c1-2-32-21-6-4-3-5-18(21)22(30)28-11-13-29(14-12-28)23(31)20-15-19(20)16-7-9-17(10-8-16)24(25,26)27/h3-10,19-20H,2,11-15H2,1H3. The predicted octanol–water partition coefficient (Wildman–Crippen LogP) is 4.19. The topological polar surface area (TPSA) is 49.9 Å². The summed E-state index contributed by atoms with van der Waals surface area (Å²) < 4.78 is 43.8. The molecule has 2 aromatic rings. The lowest BCUT2D eigenvalue weighted by atomic mass is 10.1. The molecule has 4 rings (SSSR count). The number of carbonyl (C=O) groups excluding carboxylic acids is 2. The number of carbonyl (C=O) groups is 2. The van der Waals surface area contributed by atoms with E-state index in [2.05, 4.69) is 0 Å². The molecular weight excluding hydrogens is 421 g/mol. The number of piperazine rings is 1. The number of rotatable bonds is 5. The first kappa shape index (κ1) is 22.2. The largest absolute Gasteiger partial charge is 0.493 e. The number of benzene rings is 2. The van der Waals surface area contributed by atoms with Crippen LogP contribution in [0.4, 0.5) is 13.2 Å². The van der Waals surface area contributed by atoms with Crippen LogP contribution in [-0.2, 0) is 11.0 Å². The van der Waals surface area contributed by atoms with Gasteiger partial charge in [0.25, 0.3) is 5.91 Å². The van der Waals surface area contributed by atoms with Crippen LogP contribution in [0.15, 0.2) is 48.5 Å². The van der Waals surface area contributed by atoms with Gasteiger partial charge in [-0.2, -0.15) is 13.2 Å². The molecule has 1 aliphatic heterocycles. The van der Waals surface area contributed by atoms with Crippen molar-refractivity contribution in [2.45, 2.75) is 25.4 Å². The molecule has 170 valence electrons. The molecule has 32 heavy (non-hydrogen) atoms. The first-order chi connectivity index (χ1) is 15.3. The quantitative estimate of drug-likeness (QED) is 0.692. The Hall–Kier alpha value is -3.03. The van der Waals surface area contributed by atoms with Gasteiger partial charge < -0.3 is 14.5 Å². The van der Waals surface area contributed by atoms with Crippen LogP contribution < -0.4 is 4.74 Å². The highest BCUT2D eigenvalue weighted by Crippen LogP contribution is 2.49. The van der Waals surface area contributed by atoms with Crippen LogP contribution in [0.3, 0.4) is 0 Å². The molecule has 0 radical (unpaired) electrons. The van der Waals surface area contributed by atoms with Crippen LogP contribution in [-0.4, -0.2) is 54.4 Å². The van der Waals surface area contributed by atoms with Gasteiger partial charge in [0, 0.05) is 32.1 Å². The maximum absolute atomic E-state index is 12.9. The zero-order chi connectivity index (χ0) is 22.9. The summed E-state index contributed by atoms with van der Waals surface area (Å²) in [5, 5.41) is 0. The number of hydrogen-bond donors (Lipinski definition) is 0. The third kappa shape index (κ3) is 4.59. The van der Waals surface area contributed by atoms with Crippen molar-refractivity contribution >= 4 is 11.8 Å². The van der Waals surface area contributed by atoms with E-state index < -0.39 is 11.7 Å². The Bertz CT molecular complexity index is 983. The van der Waals surface area contributed by atoms with Gasteiger partial charge in [-0.1, -0.05) is 24.3 Å². The molecule has 2 unspecified atom stereocenters. The lowest BCUT2D eigenvalue weighted by Crippen LogP contribution is -2.51. The smallest absolute Gasteiger partial charge is 0.416 e. The number of para-hydroxylation sites is 1. The molecular formula is C24H25F3N2O3. The van der Waals surface area contributed by atoms with E-state index in [1.54, 1.807) is 28.0 Å².